The third-order valence-electron chi connectivity index (χ3n) is 4.85. The highest BCUT2D eigenvalue weighted by molar-refractivity contribution is 9.10. The SMILES string of the molecule is CN(Cc1ccc(Br)cc1)Cc1cc(=O)oc2cc3c(cc12)CCC3. The average Bonchev–Trinajstić information content (AvgIpc) is 3.02. The minimum Gasteiger partial charge on any atom is -0.423 e. The molecule has 0 amide bonds. The molecule has 25 heavy (non-hydrogen) atoms. The molecule has 0 spiro atoms. The van der Waals surface area contributed by atoms with Crippen LogP contribution in [0, 0.1) is 0 Å². The highest BCUT2D eigenvalue weighted by Crippen LogP contribution is 2.29. The fourth-order valence-corrected chi connectivity index (χ4v) is 3.94. The van der Waals surface area contributed by atoms with Crippen LogP contribution in [0.15, 0.2) is 56.1 Å². The molecule has 2 aromatic carbocycles. The van der Waals surface area contributed by atoms with Gasteiger partial charge in [-0.1, -0.05) is 28.1 Å². The smallest absolute Gasteiger partial charge is 0.336 e. The fourth-order valence-electron chi connectivity index (χ4n) is 3.67. The number of hydrogen-bond donors (Lipinski definition) is 0. The van der Waals surface area contributed by atoms with Gasteiger partial charge in [-0.15, -0.1) is 0 Å². The van der Waals surface area contributed by atoms with Crippen molar-refractivity contribution in [2.75, 3.05) is 7.05 Å². The van der Waals surface area contributed by atoms with Gasteiger partial charge in [-0.05, 0) is 72.8 Å². The summed E-state index contributed by atoms with van der Waals surface area (Å²) in [6.45, 7) is 1.55. The van der Waals surface area contributed by atoms with Crippen LogP contribution in [0.25, 0.3) is 11.0 Å². The van der Waals surface area contributed by atoms with Crippen LogP contribution in [-0.4, -0.2) is 11.9 Å². The van der Waals surface area contributed by atoms with Gasteiger partial charge < -0.3 is 4.42 Å². The summed E-state index contributed by atoms with van der Waals surface area (Å²) in [6.07, 6.45) is 3.40. The molecular weight excluding hydrogens is 378 g/mol. The Kier molecular flexibility index (Phi) is 4.48. The molecule has 128 valence electrons. The lowest BCUT2D eigenvalue weighted by atomic mass is 10.0. The molecule has 0 saturated heterocycles. The van der Waals surface area contributed by atoms with E-state index in [2.05, 4.69) is 64.3 Å². The van der Waals surface area contributed by atoms with E-state index in [0.29, 0.717) is 0 Å². The number of halogens is 1. The van der Waals surface area contributed by atoms with Crippen molar-refractivity contribution in [1.82, 2.24) is 4.90 Å². The first-order valence-corrected chi connectivity index (χ1v) is 9.39. The fraction of sp³-hybridized carbons (Fsp3) is 0.286. The zero-order chi connectivity index (χ0) is 17.4. The number of nitrogens with zero attached hydrogens (tertiary/aromatic N) is 1. The van der Waals surface area contributed by atoms with Gasteiger partial charge in [-0.3, -0.25) is 4.90 Å². The molecule has 1 aromatic heterocycles. The molecule has 0 fully saturated rings. The largest absolute Gasteiger partial charge is 0.423 e. The number of aryl methyl sites for hydroxylation is 2. The number of rotatable bonds is 4. The number of fused-ring (bicyclic) bond motifs is 2. The van der Waals surface area contributed by atoms with Crippen LogP contribution in [-0.2, 0) is 25.9 Å². The third-order valence-corrected chi connectivity index (χ3v) is 5.38. The first kappa shape index (κ1) is 16.6. The summed E-state index contributed by atoms with van der Waals surface area (Å²) < 4.78 is 6.54. The maximum absolute atomic E-state index is 12.0. The molecule has 1 aliphatic carbocycles. The van der Waals surface area contributed by atoms with Gasteiger partial charge in [0, 0.05) is 29.0 Å². The second kappa shape index (κ2) is 6.77. The molecule has 0 saturated carbocycles. The lowest BCUT2D eigenvalue weighted by Gasteiger charge is -2.18. The van der Waals surface area contributed by atoms with Gasteiger partial charge in [0.1, 0.15) is 5.58 Å². The van der Waals surface area contributed by atoms with E-state index < -0.39 is 0 Å². The zero-order valence-corrected chi connectivity index (χ0v) is 15.8. The Morgan fingerprint density at radius 2 is 1.76 bits per heavy atom. The monoisotopic (exact) mass is 397 g/mol. The van der Waals surface area contributed by atoms with E-state index in [1.54, 1.807) is 6.07 Å². The van der Waals surface area contributed by atoms with Crippen molar-refractivity contribution in [1.29, 1.82) is 0 Å². The van der Waals surface area contributed by atoms with Crippen LogP contribution in [0.3, 0.4) is 0 Å². The predicted molar refractivity (Wildman–Crippen MR) is 104 cm³/mol. The Bertz CT molecular complexity index is 976. The van der Waals surface area contributed by atoms with E-state index in [9.17, 15) is 4.79 Å². The summed E-state index contributed by atoms with van der Waals surface area (Å²) in [5, 5.41) is 1.07. The molecule has 1 aliphatic rings. The van der Waals surface area contributed by atoms with Crippen molar-refractivity contribution in [3.8, 4) is 0 Å². The van der Waals surface area contributed by atoms with E-state index >= 15 is 0 Å². The quantitative estimate of drug-likeness (QED) is 0.599. The van der Waals surface area contributed by atoms with Crippen molar-refractivity contribution < 1.29 is 4.42 Å². The van der Waals surface area contributed by atoms with Crippen LogP contribution in [0.2, 0.25) is 0 Å². The maximum atomic E-state index is 12.0. The molecule has 0 bridgehead atoms. The van der Waals surface area contributed by atoms with Crippen LogP contribution < -0.4 is 5.63 Å². The molecule has 3 aromatic rings. The molecule has 1 heterocycles. The first-order valence-electron chi connectivity index (χ1n) is 8.60. The summed E-state index contributed by atoms with van der Waals surface area (Å²) in [5.74, 6) is 0. The number of hydrogen-bond acceptors (Lipinski definition) is 3. The maximum Gasteiger partial charge on any atom is 0.336 e. The molecule has 0 N–H and O–H groups in total. The summed E-state index contributed by atoms with van der Waals surface area (Å²) in [7, 11) is 2.08. The van der Waals surface area contributed by atoms with Crippen LogP contribution in [0.4, 0.5) is 0 Å². The highest BCUT2D eigenvalue weighted by atomic mass is 79.9. The lowest BCUT2D eigenvalue weighted by Crippen LogP contribution is -2.18. The predicted octanol–water partition coefficient (Wildman–Crippen LogP) is 4.68. The topological polar surface area (TPSA) is 33.5 Å². The molecule has 3 nitrogen and oxygen atoms in total. The standard InChI is InChI=1S/C21H20BrNO2/c1-23(12-14-5-7-18(22)8-6-14)13-17-11-21(24)25-20-10-16-4-2-3-15(16)9-19(17)20/h5-11H,2-4,12-13H2,1H3. The van der Waals surface area contributed by atoms with Gasteiger partial charge in [0.15, 0.2) is 0 Å². The average molecular weight is 398 g/mol. The Morgan fingerprint density at radius 3 is 2.52 bits per heavy atom. The second-order valence-corrected chi connectivity index (χ2v) is 7.78. The van der Waals surface area contributed by atoms with Crippen molar-refractivity contribution in [2.24, 2.45) is 0 Å². The molecule has 0 atom stereocenters. The molecule has 0 aliphatic heterocycles. The summed E-state index contributed by atoms with van der Waals surface area (Å²) in [4.78, 5) is 14.2. The van der Waals surface area contributed by atoms with Gasteiger partial charge in [0.05, 0.1) is 0 Å². The van der Waals surface area contributed by atoms with Gasteiger partial charge in [0.25, 0.3) is 0 Å². The van der Waals surface area contributed by atoms with Gasteiger partial charge in [-0.2, -0.15) is 0 Å². The Morgan fingerprint density at radius 1 is 1.04 bits per heavy atom. The Balaban J connectivity index is 1.64. The van der Waals surface area contributed by atoms with Gasteiger partial charge in [-0.25, -0.2) is 4.79 Å². The molecule has 4 rings (SSSR count). The Labute approximate surface area is 155 Å². The van der Waals surface area contributed by atoms with E-state index in [-0.39, 0.29) is 5.63 Å². The Hall–Kier alpha value is -1.91. The highest BCUT2D eigenvalue weighted by Gasteiger charge is 2.16. The third kappa shape index (κ3) is 3.55. The minimum absolute atomic E-state index is 0.266. The van der Waals surface area contributed by atoms with Gasteiger partial charge in [0.2, 0.25) is 0 Å². The molecule has 4 heteroatoms. The van der Waals surface area contributed by atoms with Crippen molar-refractivity contribution in [2.45, 2.75) is 32.4 Å². The zero-order valence-electron chi connectivity index (χ0n) is 14.2. The van der Waals surface area contributed by atoms with E-state index in [4.69, 9.17) is 4.42 Å². The van der Waals surface area contributed by atoms with Crippen LogP contribution >= 0.6 is 15.9 Å². The van der Waals surface area contributed by atoms with Crippen LogP contribution in [0.5, 0.6) is 0 Å². The summed E-state index contributed by atoms with van der Waals surface area (Å²) in [6, 6.07) is 14.3. The van der Waals surface area contributed by atoms with E-state index in [0.717, 1.165) is 46.9 Å². The first-order chi connectivity index (χ1) is 12.1. The van der Waals surface area contributed by atoms with Crippen molar-refractivity contribution in [3.05, 3.63) is 79.6 Å². The molecule has 0 unspecified atom stereocenters. The normalized spacial score (nSPS) is 13.6. The summed E-state index contributed by atoms with van der Waals surface area (Å²) >= 11 is 3.47. The van der Waals surface area contributed by atoms with Crippen molar-refractivity contribution in [3.63, 3.8) is 0 Å². The minimum atomic E-state index is -0.266. The lowest BCUT2D eigenvalue weighted by molar-refractivity contribution is 0.319. The summed E-state index contributed by atoms with van der Waals surface area (Å²) in [5.41, 5.74) is 5.48. The van der Waals surface area contributed by atoms with Gasteiger partial charge >= 0.3 is 5.63 Å². The second-order valence-electron chi connectivity index (χ2n) is 6.86. The molecule has 0 radical (unpaired) electrons. The van der Waals surface area contributed by atoms with Crippen LogP contribution in [0.1, 0.15) is 28.7 Å². The van der Waals surface area contributed by atoms with Crippen molar-refractivity contribution >= 4 is 26.9 Å². The van der Waals surface area contributed by atoms with E-state index in [1.165, 1.54) is 23.1 Å². The van der Waals surface area contributed by atoms with E-state index in [1.807, 2.05) is 0 Å². The molecular formula is C21H20BrNO2. The number of benzene rings is 2.